The van der Waals surface area contributed by atoms with Gasteiger partial charge >= 0.3 is 0 Å². The van der Waals surface area contributed by atoms with Crippen LogP contribution in [0.4, 0.5) is 0 Å². The summed E-state index contributed by atoms with van der Waals surface area (Å²) in [7, 11) is 0. The molecule has 1 aliphatic carbocycles. The van der Waals surface area contributed by atoms with Gasteiger partial charge in [-0.25, -0.2) is 0 Å². The van der Waals surface area contributed by atoms with Crippen LogP contribution in [0, 0.1) is 5.92 Å². The molecule has 2 fully saturated rings. The molecule has 2 aromatic rings. The van der Waals surface area contributed by atoms with Gasteiger partial charge in [-0.15, -0.1) is 0 Å². The number of hydrogen-bond acceptors (Lipinski definition) is 7. The van der Waals surface area contributed by atoms with E-state index in [2.05, 4.69) is 47.6 Å². The number of pyridine rings is 1. The third-order valence-corrected chi connectivity index (χ3v) is 9.43. The molecule has 0 N–H and O–H groups in total. The molecule has 4 atom stereocenters. The Labute approximate surface area is 221 Å². The smallest absolute Gasteiger partial charge is 0.278 e. The molecule has 196 valence electrons. The quantitative estimate of drug-likeness (QED) is 0.433. The standard InChI is InChI=1S/C28H33N3O5S/c1-18(2)35-17-36-27-22(32)11-12-30-26(27)28(33)29-13-14-34-15-24(29)31(30)25-20-8-4-3-7-19(20)16-37-23-10-6-5-9-21(23)25/h3-4,7-8,11-12,21,23-25H,1,5-6,9-10,13-17H2,2H3. The first kappa shape index (κ1) is 24.4. The minimum absolute atomic E-state index is 0.0140. The number of hydrogen-bond donors (Lipinski definition) is 0. The fourth-order valence-electron chi connectivity index (χ4n) is 6.28. The number of morpholine rings is 1. The molecular formula is C28H33N3O5S. The molecule has 1 amide bonds. The number of amides is 1. The van der Waals surface area contributed by atoms with E-state index in [1.54, 1.807) is 13.1 Å². The summed E-state index contributed by atoms with van der Waals surface area (Å²) in [5, 5.41) is 2.83. The molecule has 4 heterocycles. The molecular weight excluding hydrogens is 490 g/mol. The van der Waals surface area contributed by atoms with Crippen molar-refractivity contribution in [3.63, 3.8) is 0 Å². The Morgan fingerprint density at radius 1 is 1.19 bits per heavy atom. The van der Waals surface area contributed by atoms with Gasteiger partial charge in [0.1, 0.15) is 6.17 Å². The third kappa shape index (κ3) is 4.32. The number of carbonyl (C=O) groups is 1. The number of allylic oxidation sites excluding steroid dienone is 1. The van der Waals surface area contributed by atoms with Crippen LogP contribution in [0.1, 0.15) is 60.3 Å². The first-order valence-electron chi connectivity index (χ1n) is 13.1. The minimum atomic E-state index is -0.344. The molecule has 4 aliphatic rings. The Morgan fingerprint density at radius 3 is 2.89 bits per heavy atom. The van der Waals surface area contributed by atoms with Crippen LogP contribution in [-0.4, -0.2) is 53.5 Å². The lowest BCUT2D eigenvalue weighted by molar-refractivity contribution is -0.0247. The maximum Gasteiger partial charge on any atom is 0.278 e. The number of rotatable bonds is 5. The summed E-state index contributed by atoms with van der Waals surface area (Å²) in [6, 6.07) is 10.2. The maximum absolute atomic E-state index is 13.9. The molecule has 8 nitrogen and oxygen atoms in total. The van der Waals surface area contributed by atoms with Crippen molar-refractivity contribution in [1.29, 1.82) is 0 Å². The highest BCUT2D eigenvalue weighted by Gasteiger charge is 2.49. The first-order valence-corrected chi connectivity index (χ1v) is 14.1. The first-order chi connectivity index (χ1) is 18.0. The summed E-state index contributed by atoms with van der Waals surface area (Å²) in [5.41, 5.74) is 2.53. The van der Waals surface area contributed by atoms with Crippen molar-refractivity contribution in [2.45, 2.75) is 55.8 Å². The number of benzene rings is 1. The Hall–Kier alpha value is -2.91. The van der Waals surface area contributed by atoms with E-state index in [1.165, 1.54) is 36.5 Å². The number of thioether (sulfide) groups is 1. The largest absolute Gasteiger partial charge is 0.463 e. The molecule has 4 unspecified atom stereocenters. The van der Waals surface area contributed by atoms with Crippen LogP contribution in [-0.2, 0) is 15.2 Å². The van der Waals surface area contributed by atoms with Crippen LogP contribution in [0.3, 0.4) is 0 Å². The van der Waals surface area contributed by atoms with E-state index in [-0.39, 0.29) is 41.8 Å². The average Bonchev–Trinajstić information content (AvgIpc) is 3.07. The van der Waals surface area contributed by atoms with Gasteiger partial charge in [-0.1, -0.05) is 43.7 Å². The summed E-state index contributed by atoms with van der Waals surface area (Å²) in [6.07, 6.45) is 6.22. The number of nitrogens with zero attached hydrogens (tertiary/aromatic N) is 3. The summed E-state index contributed by atoms with van der Waals surface area (Å²) in [5.74, 6) is 1.66. The number of fused-ring (bicyclic) bond motifs is 4. The lowest BCUT2D eigenvalue weighted by Crippen LogP contribution is -2.67. The van der Waals surface area contributed by atoms with Crippen molar-refractivity contribution in [1.82, 2.24) is 9.58 Å². The van der Waals surface area contributed by atoms with E-state index in [0.29, 0.717) is 36.7 Å². The molecule has 0 spiro atoms. The van der Waals surface area contributed by atoms with E-state index in [0.717, 1.165) is 12.2 Å². The molecule has 1 saturated heterocycles. The fraction of sp³-hybridized carbons (Fsp3) is 0.500. The van der Waals surface area contributed by atoms with Crippen molar-refractivity contribution in [3.05, 3.63) is 75.9 Å². The van der Waals surface area contributed by atoms with Crippen LogP contribution < -0.4 is 15.2 Å². The number of carbonyl (C=O) groups excluding carboxylic acids is 1. The predicted molar refractivity (Wildman–Crippen MR) is 142 cm³/mol. The van der Waals surface area contributed by atoms with Crippen molar-refractivity contribution >= 4 is 17.7 Å². The van der Waals surface area contributed by atoms with Crippen LogP contribution >= 0.6 is 11.8 Å². The Morgan fingerprint density at radius 2 is 2.03 bits per heavy atom. The van der Waals surface area contributed by atoms with Crippen molar-refractivity contribution < 1.29 is 19.0 Å². The Kier molecular flexibility index (Phi) is 6.67. The topological polar surface area (TPSA) is 73.2 Å². The zero-order chi connectivity index (χ0) is 25.5. The molecule has 1 aromatic carbocycles. The lowest BCUT2D eigenvalue weighted by Gasteiger charge is -2.53. The Bertz CT molecular complexity index is 1260. The zero-order valence-electron chi connectivity index (χ0n) is 21.1. The minimum Gasteiger partial charge on any atom is -0.463 e. The van der Waals surface area contributed by atoms with Gasteiger partial charge in [-0.05, 0) is 36.8 Å². The van der Waals surface area contributed by atoms with Crippen molar-refractivity contribution in [2.24, 2.45) is 5.92 Å². The summed E-state index contributed by atoms with van der Waals surface area (Å²) in [4.78, 5) is 28.7. The van der Waals surface area contributed by atoms with E-state index in [1.807, 2.05) is 9.58 Å². The SMILES string of the molecule is C=C(C)OCOc1c2n(ccc1=O)N(C1c3ccccc3CSC3CCCCC31)C1COCCN1C2=O. The lowest BCUT2D eigenvalue weighted by atomic mass is 9.79. The molecule has 6 rings (SSSR count). The normalized spacial score (nSPS) is 26.8. The van der Waals surface area contributed by atoms with Gasteiger partial charge in [0.15, 0.2) is 5.69 Å². The van der Waals surface area contributed by atoms with Crippen LogP contribution in [0.15, 0.2) is 53.7 Å². The van der Waals surface area contributed by atoms with E-state index in [9.17, 15) is 9.59 Å². The second-order valence-corrected chi connectivity index (χ2v) is 11.4. The summed E-state index contributed by atoms with van der Waals surface area (Å²) < 4.78 is 19.0. The molecule has 1 aromatic heterocycles. The van der Waals surface area contributed by atoms with E-state index >= 15 is 0 Å². The molecule has 0 bridgehead atoms. The van der Waals surface area contributed by atoms with E-state index in [4.69, 9.17) is 14.2 Å². The van der Waals surface area contributed by atoms with Gasteiger partial charge < -0.3 is 19.1 Å². The summed E-state index contributed by atoms with van der Waals surface area (Å²) in [6.45, 7) is 6.58. The molecule has 1 saturated carbocycles. The number of ether oxygens (including phenoxy) is 3. The van der Waals surface area contributed by atoms with Crippen LogP contribution in [0.2, 0.25) is 0 Å². The van der Waals surface area contributed by atoms with Gasteiger partial charge in [0.25, 0.3) is 5.91 Å². The number of aromatic nitrogens is 1. The highest BCUT2D eigenvalue weighted by molar-refractivity contribution is 7.99. The fourth-order valence-corrected chi connectivity index (χ4v) is 7.81. The van der Waals surface area contributed by atoms with Gasteiger partial charge in [0.05, 0.1) is 25.0 Å². The van der Waals surface area contributed by atoms with Gasteiger partial charge in [-0.2, -0.15) is 11.8 Å². The van der Waals surface area contributed by atoms with Crippen LogP contribution in [0.25, 0.3) is 0 Å². The van der Waals surface area contributed by atoms with E-state index < -0.39 is 0 Å². The second-order valence-electron chi connectivity index (χ2n) is 10.2. The molecule has 0 radical (unpaired) electrons. The molecule has 9 heteroatoms. The zero-order valence-corrected chi connectivity index (χ0v) is 22.0. The highest BCUT2D eigenvalue weighted by atomic mass is 32.2. The van der Waals surface area contributed by atoms with Gasteiger partial charge in [0, 0.05) is 29.8 Å². The molecule has 37 heavy (non-hydrogen) atoms. The second kappa shape index (κ2) is 10.1. The maximum atomic E-state index is 13.9. The van der Waals surface area contributed by atoms with Gasteiger partial charge in [-0.3, -0.25) is 19.3 Å². The Balaban J connectivity index is 1.53. The predicted octanol–water partition coefficient (Wildman–Crippen LogP) is 4.03. The monoisotopic (exact) mass is 523 g/mol. The van der Waals surface area contributed by atoms with Gasteiger partial charge in [0.2, 0.25) is 18.0 Å². The highest BCUT2D eigenvalue weighted by Crippen LogP contribution is 2.49. The van der Waals surface area contributed by atoms with Crippen molar-refractivity contribution in [2.75, 3.05) is 31.6 Å². The van der Waals surface area contributed by atoms with Crippen molar-refractivity contribution in [3.8, 4) is 5.75 Å². The average molecular weight is 524 g/mol. The summed E-state index contributed by atoms with van der Waals surface area (Å²) >= 11 is 2.06. The van der Waals surface area contributed by atoms with Crippen LogP contribution in [0.5, 0.6) is 5.75 Å². The third-order valence-electron chi connectivity index (χ3n) is 7.94. The molecule has 3 aliphatic heterocycles.